The number of para-hydroxylation sites is 1. The maximum Gasteiger partial charge on any atom is 0.227 e. The van der Waals surface area contributed by atoms with Crippen molar-refractivity contribution in [2.45, 2.75) is 0 Å². The summed E-state index contributed by atoms with van der Waals surface area (Å²) in [6.07, 6.45) is 0. The van der Waals surface area contributed by atoms with Crippen LogP contribution in [0.2, 0.25) is 0 Å². The number of oxazole rings is 1. The number of pyridine rings is 1. The first kappa shape index (κ1) is 26.7. The van der Waals surface area contributed by atoms with E-state index in [1.807, 2.05) is 54.6 Å². The molecule has 7 aromatic carbocycles. The predicted octanol–water partition coefficient (Wildman–Crippen LogP) is 12.1. The summed E-state index contributed by atoms with van der Waals surface area (Å²) in [4.78, 5) is 10.4. The van der Waals surface area contributed by atoms with Crippen LogP contribution in [0, 0.1) is 0 Å². The highest BCUT2D eigenvalue weighted by atomic mass is 16.3. The van der Waals surface area contributed by atoms with Crippen molar-refractivity contribution in [1.29, 1.82) is 0 Å². The van der Waals surface area contributed by atoms with Crippen molar-refractivity contribution in [3.05, 3.63) is 158 Å². The average Bonchev–Trinajstić information content (AvgIpc) is 3.77. The second-order valence-corrected chi connectivity index (χ2v) is 12.2. The fourth-order valence-electron chi connectivity index (χ4n) is 7.01. The maximum absolute atomic E-state index is 6.42. The van der Waals surface area contributed by atoms with Gasteiger partial charge < -0.3 is 8.83 Å². The predicted molar refractivity (Wildman–Crippen MR) is 196 cm³/mol. The molecule has 48 heavy (non-hydrogen) atoms. The van der Waals surface area contributed by atoms with Gasteiger partial charge in [0, 0.05) is 32.8 Å². The summed E-state index contributed by atoms with van der Waals surface area (Å²) in [5.41, 5.74) is 10.2. The van der Waals surface area contributed by atoms with Gasteiger partial charge in [0.25, 0.3) is 0 Å². The lowest BCUT2D eigenvalue weighted by Crippen LogP contribution is -1.93. The van der Waals surface area contributed by atoms with E-state index in [1.165, 1.54) is 10.8 Å². The molecule has 3 aromatic heterocycles. The second-order valence-electron chi connectivity index (χ2n) is 12.2. The number of benzene rings is 7. The lowest BCUT2D eigenvalue weighted by atomic mass is 9.94. The molecule has 0 spiro atoms. The lowest BCUT2D eigenvalue weighted by molar-refractivity contribution is 0.623. The first-order valence-electron chi connectivity index (χ1n) is 16.1. The number of aromatic nitrogens is 2. The fraction of sp³-hybridized carbons (Fsp3) is 0. The Labute approximate surface area is 275 Å². The maximum atomic E-state index is 6.42. The van der Waals surface area contributed by atoms with Gasteiger partial charge in [0.05, 0.1) is 11.4 Å². The van der Waals surface area contributed by atoms with Crippen molar-refractivity contribution in [3.63, 3.8) is 0 Å². The number of nitrogens with zero attached hydrogens (tertiary/aromatic N) is 2. The fourth-order valence-corrected chi connectivity index (χ4v) is 7.01. The van der Waals surface area contributed by atoms with Gasteiger partial charge in [-0.15, -0.1) is 0 Å². The molecule has 0 atom stereocenters. The molecule has 0 saturated carbocycles. The van der Waals surface area contributed by atoms with Gasteiger partial charge >= 0.3 is 0 Å². The van der Waals surface area contributed by atoms with Gasteiger partial charge in [0.1, 0.15) is 16.7 Å². The van der Waals surface area contributed by atoms with Crippen molar-refractivity contribution in [2.75, 3.05) is 0 Å². The molecule has 0 radical (unpaired) electrons. The number of hydrogen-bond donors (Lipinski definition) is 0. The topological polar surface area (TPSA) is 52.1 Å². The molecule has 10 aromatic rings. The van der Waals surface area contributed by atoms with E-state index in [4.69, 9.17) is 18.8 Å². The van der Waals surface area contributed by atoms with Crippen molar-refractivity contribution < 1.29 is 8.83 Å². The average molecular weight is 615 g/mol. The van der Waals surface area contributed by atoms with Crippen LogP contribution in [0.25, 0.3) is 99.7 Å². The largest absolute Gasteiger partial charge is 0.456 e. The molecule has 224 valence electrons. The summed E-state index contributed by atoms with van der Waals surface area (Å²) in [5, 5.41) is 6.62. The van der Waals surface area contributed by atoms with Crippen LogP contribution in [0.15, 0.2) is 167 Å². The van der Waals surface area contributed by atoms with E-state index in [0.29, 0.717) is 5.89 Å². The quantitative estimate of drug-likeness (QED) is 0.198. The minimum absolute atomic E-state index is 0.602. The highest BCUT2D eigenvalue weighted by Gasteiger charge is 2.19. The monoisotopic (exact) mass is 614 g/mol. The minimum atomic E-state index is 0.602. The van der Waals surface area contributed by atoms with Crippen LogP contribution in [-0.2, 0) is 0 Å². The number of hydrogen-bond acceptors (Lipinski definition) is 4. The van der Waals surface area contributed by atoms with Crippen molar-refractivity contribution in [2.24, 2.45) is 0 Å². The van der Waals surface area contributed by atoms with Crippen molar-refractivity contribution in [1.82, 2.24) is 9.97 Å². The van der Waals surface area contributed by atoms with Gasteiger partial charge in [-0.05, 0) is 75.8 Å². The normalized spacial score (nSPS) is 11.8. The lowest BCUT2D eigenvalue weighted by Gasteiger charge is -2.13. The summed E-state index contributed by atoms with van der Waals surface area (Å²) in [6, 6.07) is 54.5. The smallest absolute Gasteiger partial charge is 0.227 e. The number of fused-ring (bicyclic) bond motifs is 7. The second kappa shape index (κ2) is 10.5. The van der Waals surface area contributed by atoms with Gasteiger partial charge in [0.2, 0.25) is 5.89 Å². The molecule has 0 unspecified atom stereocenters. The Bertz CT molecular complexity index is 2850. The summed E-state index contributed by atoms with van der Waals surface area (Å²) in [7, 11) is 0. The first-order valence-corrected chi connectivity index (χ1v) is 16.1. The van der Waals surface area contributed by atoms with Crippen LogP contribution in [0.1, 0.15) is 0 Å². The Morgan fingerprint density at radius 3 is 2.02 bits per heavy atom. The van der Waals surface area contributed by atoms with Crippen LogP contribution < -0.4 is 0 Å². The molecule has 4 heteroatoms. The summed E-state index contributed by atoms with van der Waals surface area (Å²) >= 11 is 0. The van der Waals surface area contributed by atoms with E-state index in [9.17, 15) is 0 Å². The molecule has 4 nitrogen and oxygen atoms in total. The summed E-state index contributed by atoms with van der Waals surface area (Å²) in [5.74, 6) is 0.602. The zero-order chi connectivity index (χ0) is 31.6. The Morgan fingerprint density at radius 2 is 1.12 bits per heavy atom. The summed E-state index contributed by atoms with van der Waals surface area (Å²) in [6.45, 7) is 0. The van der Waals surface area contributed by atoms with Gasteiger partial charge in [-0.3, -0.25) is 0 Å². The molecule has 0 amide bonds. The standard InChI is InChI=1S/C44H26N2O2/c1-2-12-28(13-3-1)44-46-39-26-36(33-15-6-7-16-34(33)43(39)48-44)38-25-31(24-37(45-38)30-22-21-27-11-4-5-14-29(27)23-30)32-18-10-20-41-42(32)35-17-8-9-19-40(35)47-41/h1-26H. The Kier molecular flexibility index (Phi) is 5.84. The highest BCUT2D eigenvalue weighted by Crippen LogP contribution is 2.41. The van der Waals surface area contributed by atoms with Crippen molar-refractivity contribution in [3.8, 4) is 45.1 Å². The van der Waals surface area contributed by atoms with Crippen LogP contribution in [0.4, 0.5) is 0 Å². The van der Waals surface area contributed by atoms with Gasteiger partial charge in [-0.2, -0.15) is 0 Å². The van der Waals surface area contributed by atoms with Crippen LogP contribution in [-0.4, -0.2) is 9.97 Å². The molecule has 0 aliphatic heterocycles. The van der Waals surface area contributed by atoms with Gasteiger partial charge in [-0.1, -0.05) is 109 Å². The van der Waals surface area contributed by atoms with E-state index in [2.05, 4.69) is 103 Å². The zero-order valence-corrected chi connectivity index (χ0v) is 25.7. The van der Waals surface area contributed by atoms with E-state index >= 15 is 0 Å². The summed E-state index contributed by atoms with van der Waals surface area (Å²) < 4.78 is 12.7. The van der Waals surface area contributed by atoms with E-state index in [-0.39, 0.29) is 0 Å². The Hall–Kier alpha value is -6.52. The van der Waals surface area contributed by atoms with Gasteiger partial charge in [-0.25, -0.2) is 9.97 Å². The first-order chi connectivity index (χ1) is 23.8. The molecule has 10 rings (SSSR count). The SMILES string of the molecule is c1ccc(-c2nc3cc(-c4cc(-c5cccc6oc7ccccc7c56)cc(-c5ccc6ccccc6c5)n4)c4ccccc4c3o2)cc1. The third-order valence-electron chi connectivity index (χ3n) is 9.28. The molecule has 0 bridgehead atoms. The Balaban J connectivity index is 1.26. The van der Waals surface area contributed by atoms with Crippen LogP contribution >= 0.6 is 0 Å². The molecule has 0 aliphatic carbocycles. The Morgan fingerprint density at radius 1 is 0.396 bits per heavy atom. The van der Waals surface area contributed by atoms with Crippen LogP contribution in [0.3, 0.4) is 0 Å². The van der Waals surface area contributed by atoms with E-state index < -0.39 is 0 Å². The molecule has 0 saturated heterocycles. The molecule has 0 N–H and O–H groups in total. The highest BCUT2D eigenvalue weighted by molar-refractivity contribution is 6.14. The number of furan rings is 1. The third kappa shape index (κ3) is 4.24. The molecule has 3 heterocycles. The molecule has 0 fully saturated rings. The van der Waals surface area contributed by atoms with E-state index in [0.717, 1.165) is 83.0 Å². The van der Waals surface area contributed by atoms with Crippen molar-refractivity contribution >= 4 is 54.6 Å². The van der Waals surface area contributed by atoms with Gasteiger partial charge in [0.15, 0.2) is 5.58 Å². The molecular formula is C44H26N2O2. The van der Waals surface area contributed by atoms with Crippen LogP contribution in [0.5, 0.6) is 0 Å². The third-order valence-corrected chi connectivity index (χ3v) is 9.28. The molecule has 0 aliphatic rings. The zero-order valence-electron chi connectivity index (χ0n) is 25.7. The van der Waals surface area contributed by atoms with E-state index in [1.54, 1.807) is 0 Å². The number of rotatable bonds is 4. The molecular weight excluding hydrogens is 588 g/mol. The minimum Gasteiger partial charge on any atom is -0.456 e.